The van der Waals surface area contributed by atoms with Crippen LogP contribution in [-0.2, 0) is 6.54 Å². The quantitative estimate of drug-likeness (QED) is 0.544. The van der Waals surface area contributed by atoms with Gasteiger partial charge in [-0.15, -0.1) is 0 Å². The first kappa shape index (κ1) is 18.7. The summed E-state index contributed by atoms with van der Waals surface area (Å²) in [7, 11) is 0. The second-order valence-corrected chi connectivity index (χ2v) is 7.00. The monoisotopic (exact) mass is 393 g/mol. The fraction of sp³-hybridized carbons (Fsp3) is 0.250. The molecule has 0 unspecified atom stereocenters. The molecule has 9 heteroatoms. The van der Waals surface area contributed by atoms with Gasteiger partial charge in [0, 0.05) is 24.8 Å². The maximum Gasteiger partial charge on any atom is 0.270 e. The number of fused-ring (bicyclic) bond motifs is 1. The number of carbonyl (C=O) groups excluding carboxylic acids is 1. The number of hydrogen-bond acceptors (Lipinski definition) is 5. The number of halogens is 1. The molecule has 0 fully saturated rings. The standard InChI is InChI=1S/C20H20FN7O/c1-13(11-27-8-7-14(2)26-27)10-22-19(29)18-9-17(15-3-5-16(21)6-4-15)25-20-23-12-24-28(18)20/h3-9,12-13H,10-11H2,1-2H3,(H,22,29)/t13-/m1/s1. The number of carbonyl (C=O) groups is 1. The maximum atomic E-state index is 13.2. The van der Waals surface area contributed by atoms with Crippen LogP contribution < -0.4 is 5.32 Å². The molecular formula is C20H20FN7O. The molecule has 0 saturated carbocycles. The van der Waals surface area contributed by atoms with Crippen molar-refractivity contribution in [1.82, 2.24) is 34.7 Å². The molecule has 0 aliphatic rings. The van der Waals surface area contributed by atoms with E-state index in [-0.39, 0.29) is 17.6 Å². The average molecular weight is 393 g/mol. The predicted molar refractivity (Wildman–Crippen MR) is 105 cm³/mol. The Morgan fingerprint density at radius 3 is 2.76 bits per heavy atom. The molecule has 148 valence electrons. The van der Waals surface area contributed by atoms with Crippen LogP contribution in [-0.4, -0.2) is 41.8 Å². The van der Waals surface area contributed by atoms with Crippen molar-refractivity contribution in [2.45, 2.75) is 20.4 Å². The summed E-state index contributed by atoms with van der Waals surface area (Å²) in [5.74, 6) is -0.133. The largest absolute Gasteiger partial charge is 0.350 e. The van der Waals surface area contributed by atoms with E-state index in [1.54, 1.807) is 18.2 Å². The minimum absolute atomic E-state index is 0.183. The van der Waals surface area contributed by atoms with Crippen LogP contribution in [0.1, 0.15) is 23.1 Å². The summed E-state index contributed by atoms with van der Waals surface area (Å²) in [6.45, 7) is 5.15. The Kier molecular flexibility index (Phi) is 5.03. The number of aromatic nitrogens is 6. The number of rotatable bonds is 6. The Balaban J connectivity index is 1.53. The van der Waals surface area contributed by atoms with E-state index in [1.807, 2.05) is 30.8 Å². The zero-order valence-electron chi connectivity index (χ0n) is 16.1. The fourth-order valence-corrected chi connectivity index (χ4v) is 3.05. The summed E-state index contributed by atoms with van der Waals surface area (Å²) >= 11 is 0. The zero-order valence-corrected chi connectivity index (χ0v) is 16.1. The van der Waals surface area contributed by atoms with Crippen molar-refractivity contribution in [3.8, 4) is 11.3 Å². The van der Waals surface area contributed by atoms with Gasteiger partial charge in [0.1, 0.15) is 17.8 Å². The van der Waals surface area contributed by atoms with Gasteiger partial charge in [-0.1, -0.05) is 6.92 Å². The Bertz CT molecular complexity index is 1150. The van der Waals surface area contributed by atoms with Crippen molar-refractivity contribution in [1.29, 1.82) is 0 Å². The second-order valence-electron chi connectivity index (χ2n) is 7.00. The van der Waals surface area contributed by atoms with E-state index in [2.05, 4.69) is 25.5 Å². The molecule has 0 spiro atoms. The number of aryl methyl sites for hydroxylation is 1. The van der Waals surface area contributed by atoms with Crippen molar-refractivity contribution in [3.63, 3.8) is 0 Å². The molecule has 0 radical (unpaired) electrons. The van der Waals surface area contributed by atoms with Gasteiger partial charge in [-0.05, 0) is 49.2 Å². The second kappa shape index (κ2) is 7.78. The molecule has 4 aromatic rings. The van der Waals surface area contributed by atoms with Gasteiger partial charge in [0.25, 0.3) is 11.7 Å². The van der Waals surface area contributed by atoms with Crippen molar-refractivity contribution in [2.75, 3.05) is 6.54 Å². The summed E-state index contributed by atoms with van der Waals surface area (Å²) in [5.41, 5.74) is 2.48. The third-order valence-electron chi connectivity index (χ3n) is 4.51. The molecule has 4 rings (SSSR count). The van der Waals surface area contributed by atoms with E-state index in [0.29, 0.717) is 35.8 Å². The van der Waals surface area contributed by atoms with Gasteiger partial charge in [-0.2, -0.15) is 19.7 Å². The lowest BCUT2D eigenvalue weighted by atomic mass is 10.1. The highest BCUT2D eigenvalue weighted by molar-refractivity contribution is 5.94. The van der Waals surface area contributed by atoms with Gasteiger partial charge in [0.2, 0.25) is 0 Å². The van der Waals surface area contributed by atoms with Gasteiger partial charge < -0.3 is 5.32 Å². The highest BCUT2D eigenvalue weighted by Gasteiger charge is 2.16. The first-order valence-corrected chi connectivity index (χ1v) is 9.24. The van der Waals surface area contributed by atoms with Crippen LogP contribution in [0.5, 0.6) is 0 Å². The van der Waals surface area contributed by atoms with E-state index < -0.39 is 0 Å². The summed E-state index contributed by atoms with van der Waals surface area (Å²) in [4.78, 5) is 21.3. The lowest BCUT2D eigenvalue weighted by molar-refractivity contribution is 0.0939. The molecule has 3 heterocycles. The molecular weight excluding hydrogens is 373 g/mol. The summed E-state index contributed by atoms with van der Waals surface area (Å²) < 4.78 is 16.5. The topological polar surface area (TPSA) is 90.0 Å². The molecule has 29 heavy (non-hydrogen) atoms. The van der Waals surface area contributed by atoms with Crippen molar-refractivity contribution >= 4 is 11.7 Å². The Morgan fingerprint density at radius 2 is 2.03 bits per heavy atom. The zero-order chi connectivity index (χ0) is 20.4. The molecule has 1 aromatic carbocycles. The number of amides is 1. The highest BCUT2D eigenvalue weighted by Crippen LogP contribution is 2.19. The Labute approximate surface area is 166 Å². The van der Waals surface area contributed by atoms with Crippen molar-refractivity contribution in [2.24, 2.45) is 5.92 Å². The molecule has 0 aliphatic heterocycles. The van der Waals surface area contributed by atoms with E-state index in [9.17, 15) is 9.18 Å². The molecule has 1 amide bonds. The molecule has 0 aliphatic carbocycles. The molecule has 8 nitrogen and oxygen atoms in total. The Hall–Kier alpha value is -3.62. The first-order chi connectivity index (χ1) is 14.0. The third kappa shape index (κ3) is 4.13. The number of nitrogens with one attached hydrogen (secondary N) is 1. The predicted octanol–water partition coefficient (Wildman–Crippen LogP) is 2.50. The smallest absolute Gasteiger partial charge is 0.270 e. The number of nitrogens with zero attached hydrogens (tertiary/aromatic N) is 6. The summed E-state index contributed by atoms with van der Waals surface area (Å²) in [5, 5.41) is 11.4. The number of benzene rings is 1. The molecule has 0 saturated heterocycles. The molecule has 3 aromatic heterocycles. The summed E-state index contributed by atoms with van der Waals surface area (Å²) in [6.07, 6.45) is 3.26. The fourth-order valence-electron chi connectivity index (χ4n) is 3.05. The van der Waals surface area contributed by atoms with Gasteiger partial charge in [0.15, 0.2) is 0 Å². The lowest BCUT2D eigenvalue weighted by Gasteiger charge is -2.13. The van der Waals surface area contributed by atoms with Crippen LogP contribution in [0, 0.1) is 18.7 Å². The van der Waals surface area contributed by atoms with Crippen LogP contribution in [0.2, 0.25) is 0 Å². The van der Waals surface area contributed by atoms with Gasteiger partial charge >= 0.3 is 0 Å². The summed E-state index contributed by atoms with van der Waals surface area (Å²) in [6, 6.07) is 9.50. The van der Waals surface area contributed by atoms with Gasteiger partial charge in [0.05, 0.1) is 11.4 Å². The maximum absolute atomic E-state index is 13.2. The molecule has 0 bridgehead atoms. The van der Waals surface area contributed by atoms with E-state index >= 15 is 0 Å². The van der Waals surface area contributed by atoms with Crippen LogP contribution in [0.3, 0.4) is 0 Å². The van der Waals surface area contributed by atoms with Crippen LogP contribution in [0.15, 0.2) is 48.9 Å². The van der Waals surface area contributed by atoms with Crippen molar-refractivity contribution in [3.05, 3.63) is 66.1 Å². The molecule has 1 atom stereocenters. The Morgan fingerprint density at radius 1 is 1.24 bits per heavy atom. The van der Waals surface area contributed by atoms with Gasteiger partial charge in [-0.3, -0.25) is 9.48 Å². The lowest BCUT2D eigenvalue weighted by Crippen LogP contribution is -2.31. The minimum atomic E-state index is -0.336. The van der Waals surface area contributed by atoms with E-state index in [1.165, 1.54) is 23.0 Å². The van der Waals surface area contributed by atoms with Crippen LogP contribution >= 0.6 is 0 Å². The van der Waals surface area contributed by atoms with Gasteiger partial charge in [-0.25, -0.2) is 9.37 Å². The third-order valence-corrected chi connectivity index (χ3v) is 4.51. The highest BCUT2D eigenvalue weighted by atomic mass is 19.1. The van der Waals surface area contributed by atoms with E-state index in [4.69, 9.17) is 0 Å². The SMILES string of the molecule is Cc1ccn(C[C@H](C)CNC(=O)c2cc(-c3ccc(F)cc3)nc3ncnn23)n1. The van der Waals surface area contributed by atoms with Crippen LogP contribution in [0.25, 0.3) is 17.0 Å². The average Bonchev–Trinajstić information content (AvgIpc) is 3.34. The van der Waals surface area contributed by atoms with Crippen molar-refractivity contribution < 1.29 is 9.18 Å². The minimum Gasteiger partial charge on any atom is -0.350 e. The first-order valence-electron chi connectivity index (χ1n) is 9.24. The number of hydrogen-bond donors (Lipinski definition) is 1. The van der Waals surface area contributed by atoms with Crippen LogP contribution in [0.4, 0.5) is 4.39 Å². The van der Waals surface area contributed by atoms with E-state index in [0.717, 1.165) is 5.69 Å². The normalized spacial score (nSPS) is 12.2. The molecule has 1 N–H and O–H groups in total.